The number of nitrogens with one attached hydrogen (secondary N) is 2. The number of halogens is 5. The van der Waals surface area contributed by atoms with Crippen LogP contribution in [0.4, 0.5) is 31.9 Å². The van der Waals surface area contributed by atoms with Crippen LogP contribution < -0.4 is 15.4 Å². The Morgan fingerprint density at radius 3 is 2.24 bits per heavy atom. The number of benzene rings is 2. The molecule has 276 valence electrons. The Morgan fingerprint density at radius 2 is 1.61 bits per heavy atom. The summed E-state index contributed by atoms with van der Waals surface area (Å²) in [6.45, 7) is 1.55. The zero-order chi connectivity index (χ0) is 37.0. The molecule has 4 amide bonds. The van der Waals surface area contributed by atoms with Gasteiger partial charge in [0.1, 0.15) is 11.8 Å². The summed E-state index contributed by atoms with van der Waals surface area (Å²) in [4.78, 5) is 41.9. The van der Waals surface area contributed by atoms with Crippen LogP contribution in [0.3, 0.4) is 0 Å². The van der Waals surface area contributed by atoms with E-state index >= 15 is 0 Å². The standard InChI is InChI=1S/C30H32F5N7O7S2/c1-2-29(31,32)20-5-3-19(4-6-20)17-36-24(43)23-18-41(28(45)37-27-39-38-25(50-27)26(44)40-13-15-48-16-14-40)11-12-42(23)51(46,47)22-9-7-21(8-10-22)49-30(33,34)35/h3-10,23H,2,11-18H2,1H3,(H,36,43)(H,37,39,45)/t23-/m1/s1. The van der Waals surface area contributed by atoms with E-state index in [2.05, 4.69) is 25.6 Å². The highest BCUT2D eigenvalue weighted by Gasteiger charge is 2.42. The molecule has 3 heterocycles. The summed E-state index contributed by atoms with van der Waals surface area (Å²) >= 11 is 0.824. The average molecular weight is 762 g/mol. The van der Waals surface area contributed by atoms with Crippen molar-refractivity contribution in [3.05, 3.63) is 64.7 Å². The van der Waals surface area contributed by atoms with Crippen LogP contribution in [0.15, 0.2) is 53.4 Å². The first-order valence-electron chi connectivity index (χ1n) is 15.5. The summed E-state index contributed by atoms with van der Waals surface area (Å²) in [5.74, 6) is -4.94. The number of rotatable bonds is 10. The molecule has 2 aliphatic heterocycles. The van der Waals surface area contributed by atoms with E-state index < -0.39 is 76.4 Å². The molecular weight excluding hydrogens is 729 g/mol. The quantitative estimate of drug-likeness (QED) is 0.294. The predicted molar refractivity (Wildman–Crippen MR) is 171 cm³/mol. The van der Waals surface area contributed by atoms with Gasteiger partial charge in [0.05, 0.1) is 18.1 Å². The molecule has 5 rings (SSSR count). The molecular formula is C30H32F5N7O7S2. The highest BCUT2D eigenvalue weighted by Crippen LogP contribution is 2.31. The van der Waals surface area contributed by atoms with Crippen LogP contribution >= 0.6 is 11.3 Å². The first-order chi connectivity index (χ1) is 24.1. The summed E-state index contributed by atoms with van der Waals surface area (Å²) in [5, 5.41) is 12.8. The van der Waals surface area contributed by atoms with Crippen LogP contribution in [0.25, 0.3) is 0 Å². The largest absolute Gasteiger partial charge is 0.573 e. The van der Waals surface area contributed by atoms with Gasteiger partial charge in [-0.1, -0.05) is 42.5 Å². The van der Waals surface area contributed by atoms with Gasteiger partial charge in [0, 0.05) is 51.3 Å². The lowest BCUT2D eigenvalue weighted by atomic mass is 10.0. The molecule has 2 saturated heterocycles. The molecule has 0 unspecified atom stereocenters. The minimum Gasteiger partial charge on any atom is -0.406 e. The molecule has 2 aromatic carbocycles. The Morgan fingerprint density at radius 1 is 0.941 bits per heavy atom. The van der Waals surface area contributed by atoms with Crippen molar-refractivity contribution in [3.8, 4) is 5.75 Å². The molecule has 2 fully saturated rings. The number of nitrogens with zero attached hydrogens (tertiary/aromatic N) is 5. The SMILES string of the molecule is CCC(F)(F)c1ccc(CNC(=O)[C@H]2CN(C(=O)Nc3nnc(C(=O)N4CCOCC4)s3)CCN2S(=O)(=O)c2ccc(OC(F)(F)F)cc2)cc1. The summed E-state index contributed by atoms with van der Waals surface area (Å²) in [7, 11) is -4.53. The molecule has 0 spiro atoms. The molecule has 14 nitrogen and oxygen atoms in total. The van der Waals surface area contributed by atoms with E-state index in [-0.39, 0.29) is 28.8 Å². The predicted octanol–water partition coefficient (Wildman–Crippen LogP) is 3.63. The van der Waals surface area contributed by atoms with E-state index in [0.29, 0.717) is 31.9 Å². The number of sulfonamides is 1. The molecule has 0 aliphatic carbocycles. The third-order valence-electron chi connectivity index (χ3n) is 7.99. The molecule has 1 atom stereocenters. The second-order valence-electron chi connectivity index (χ2n) is 11.3. The van der Waals surface area contributed by atoms with Crippen molar-refractivity contribution < 1.29 is 54.2 Å². The van der Waals surface area contributed by atoms with Crippen molar-refractivity contribution in [1.29, 1.82) is 0 Å². The maximum Gasteiger partial charge on any atom is 0.573 e. The van der Waals surface area contributed by atoms with Crippen molar-refractivity contribution in [2.45, 2.75) is 43.1 Å². The Bertz CT molecular complexity index is 1820. The molecule has 51 heavy (non-hydrogen) atoms. The number of morpholine rings is 1. The fraction of sp³-hybridized carbons (Fsp3) is 0.433. The summed E-state index contributed by atoms with van der Waals surface area (Å²) in [5.41, 5.74) is 0.212. The number of hydrogen-bond donors (Lipinski definition) is 2. The van der Waals surface area contributed by atoms with Crippen molar-refractivity contribution >= 4 is 44.3 Å². The fourth-order valence-corrected chi connectivity index (χ4v) is 7.48. The maximum absolute atomic E-state index is 14.1. The number of piperazine rings is 1. The molecule has 3 aromatic rings. The molecule has 0 radical (unpaired) electrons. The van der Waals surface area contributed by atoms with Gasteiger partial charge in [-0.2, -0.15) is 4.31 Å². The first-order valence-corrected chi connectivity index (χ1v) is 17.7. The van der Waals surface area contributed by atoms with Crippen LogP contribution in [-0.2, 0) is 32.0 Å². The highest BCUT2D eigenvalue weighted by molar-refractivity contribution is 7.89. The number of alkyl halides is 5. The molecule has 21 heteroatoms. The van der Waals surface area contributed by atoms with Gasteiger partial charge in [-0.3, -0.25) is 14.9 Å². The lowest BCUT2D eigenvalue weighted by Gasteiger charge is -2.39. The minimum absolute atomic E-state index is 0.0223. The number of ether oxygens (including phenoxy) is 2. The molecule has 1 aromatic heterocycles. The second kappa shape index (κ2) is 15.4. The lowest BCUT2D eigenvalue weighted by Crippen LogP contribution is -2.61. The third-order valence-corrected chi connectivity index (χ3v) is 10.7. The van der Waals surface area contributed by atoms with Crippen molar-refractivity contribution in [1.82, 2.24) is 29.6 Å². The van der Waals surface area contributed by atoms with Crippen LogP contribution in [0.5, 0.6) is 5.75 Å². The second-order valence-corrected chi connectivity index (χ2v) is 14.2. The van der Waals surface area contributed by atoms with Gasteiger partial charge >= 0.3 is 12.4 Å². The molecule has 0 bridgehead atoms. The van der Waals surface area contributed by atoms with Crippen LogP contribution in [0.2, 0.25) is 0 Å². The van der Waals surface area contributed by atoms with E-state index in [4.69, 9.17) is 4.74 Å². The summed E-state index contributed by atoms with van der Waals surface area (Å²) in [6.07, 6.45) is -5.42. The number of carbonyl (C=O) groups is 3. The zero-order valence-electron chi connectivity index (χ0n) is 26.9. The van der Waals surface area contributed by atoms with Gasteiger partial charge in [-0.15, -0.1) is 23.4 Å². The van der Waals surface area contributed by atoms with E-state index in [9.17, 15) is 44.8 Å². The molecule has 2 aliphatic rings. The Labute approximate surface area is 292 Å². The average Bonchev–Trinajstić information content (AvgIpc) is 3.58. The number of hydrogen-bond acceptors (Lipinski definition) is 10. The van der Waals surface area contributed by atoms with Crippen molar-refractivity contribution in [2.24, 2.45) is 0 Å². The number of aromatic nitrogens is 2. The number of amides is 4. The van der Waals surface area contributed by atoms with Gasteiger partial charge in [-0.25, -0.2) is 22.0 Å². The van der Waals surface area contributed by atoms with Crippen molar-refractivity contribution in [3.63, 3.8) is 0 Å². The van der Waals surface area contributed by atoms with Gasteiger partial charge < -0.3 is 24.6 Å². The van der Waals surface area contributed by atoms with Gasteiger partial charge in [-0.05, 0) is 29.8 Å². The number of carbonyl (C=O) groups excluding carboxylic acids is 3. The van der Waals surface area contributed by atoms with Crippen LogP contribution in [0, 0.1) is 0 Å². The fourth-order valence-electron chi connectivity index (χ4n) is 5.21. The summed E-state index contributed by atoms with van der Waals surface area (Å²) < 4.78 is 103. The van der Waals surface area contributed by atoms with Gasteiger partial charge in [0.15, 0.2) is 0 Å². The van der Waals surface area contributed by atoms with Gasteiger partial charge in [0.2, 0.25) is 26.1 Å². The Hall–Kier alpha value is -4.47. The monoisotopic (exact) mass is 761 g/mol. The first kappa shape index (κ1) is 37.8. The highest BCUT2D eigenvalue weighted by atomic mass is 32.2. The Kier molecular flexibility index (Phi) is 11.4. The van der Waals surface area contributed by atoms with E-state index in [1.807, 2.05) is 0 Å². The minimum atomic E-state index is -5.01. The van der Waals surface area contributed by atoms with Crippen LogP contribution in [0.1, 0.15) is 34.3 Å². The van der Waals surface area contributed by atoms with Crippen LogP contribution in [-0.4, -0.2) is 109 Å². The number of anilines is 1. The normalized spacial score (nSPS) is 17.6. The lowest BCUT2D eigenvalue weighted by molar-refractivity contribution is -0.274. The maximum atomic E-state index is 14.1. The molecule has 2 N–H and O–H groups in total. The molecule has 0 saturated carbocycles. The van der Waals surface area contributed by atoms with E-state index in [1.165, 1.54) is 36.1 Å². The van der Waals surface area contributed by atoms with Gasteiger partial charge in [0.25, 0.3) is 11.8 Å². The van der Waals surface area contributed by atoms with E-state index in [0.717, 1.165) is 44.8 Å². The zero-order valence-corrected chi connectivity index (χ0v) is 28.5. The third kappa shape index (κ3) is 9.26. The van der Waals surface area contributed by atoms with E-state index in [1.54, 1.807) is 0 Å². The summed E-state index contributed by atoms with van der Waals surface area (Å²) in [6, 6.07) is 6.31. The number of urea groups is 1. The van der Waals surface area contributed by atoms with Crippen molar-refractivity contribution in [2.75, 3.05) is 51.3 Å². The smallest absolute Gasteiger partial charge is 0.406 e. The Balaban J connectivity index is 1.32. The topological polar surface area (TPSA) is 163 Å².